The van der Waals surface area contributed by atoms with E-state index in [9.17, 15) is 4.79 Å². The molecule has 0 bridgehead atoms. The second-order valence-corrected chi connectivity index (χ2v) is 7.02. The highest BCUT2D eigenvalue weighted by Crippen LogP contribution is 2.32. The normalized spacial score (nSPS) is 25.1. The molecule has 6 heteroatoms. The first-order valence-electron chi connectivity index (χ1n) is 7.67. The van der Waals surface area contributed by atoms with Crippen LogP contribution in [-0.2, 0) is 22.5 Å². The second kappa shape index (κ2) is 6.40. The molecule has 1 amide bonds. The second-order valence-electron chi connectivity index (χ2n) is 5.71. The Morgan fingerprint density at radius 3 is 3.10 bits per heavy atom. The largest absolute Gasteiger partial charge is 0.384 e. The van der Waals surface area contributed by atoms with E-state index in [0.717, 1.165) is 37.5 Å². The molecule has 0 saturated carbocycles. The quantitative estimate of drug-likeness (QED) is 0.852. The Hall–Kier alpha value is -1.01. The predicted molar refractivity (Wildman–Crippen MR) is 83.4 cm³/mol. The van der Waals surface area contributed by atoms with Crippen LogP contribution in [0.4, 0.5) is 0 Å². The van der Waals surface area contributed by atoms with Crippen molar-refractivity contribution in [2.24, 2.45) is 0 Å². The maximum Gasteiger partial charge on any atom is 0.236 e. The van der Waals surface area contributed by atoms with Crippen molar-refractivity contribution in [3.63, 3.8) is 0 Å². The van der Waals surface area contributed by atoms with Gasteiger partial charge >= 0.3 is 0 Å². The molecule has 0 N–H and O–H groups in total. The van der Waals surface area contributed by atoms with Gasteiger partial charge in [-0.3, -0.25) is 4.79 Å². The molecule has 1 aromatic rings. The van der Waals surface area contributed by atoms with Crippen LogP contribution in [-0.4, -0.2) is 51.6 Å². The van der Waals surface area contributed by atoms with E-state index in [1.807, 2.05) is 22.9 Å². The van der Waals surface area contributed by atoms with E-state index in [2.05, 4.69) is 16.5 Å². The first-order valence-corrected chi connectivity index (χ1v) is 8.72. The molecule has 1 aromatic heterocycles. The number of imidazole rings is 1. The van der Waals surface area contributed by atoms with E-state index >= 15 is 0 Å². The molecule has 3 heterocycles. The molecule has 0 radical (unpaired) electrons. The fraction of sp³-hybridized carbons (Fsp3) is 0.733. The Bertz CT molecular complexity index is 511. The van der Waals surface area contributed by atoms with Gasteiger partial charge in [-0.15, -0.1) is 11.8 Å². The molecule has 21 heavy (non-hydrogen) atoms. The molecule has 5 nitrogen and oxygen atoms in total. The first kappa shape index (κ1) is 14.9. The average molecular weight is 309 g/mol. The van der Waals surface area contributed by atoms with Gasteiger partial charge in [0.15, 0.2) is 0 Å². The van der Waals surface area contributed by atoms with Crippen LogP contribution < -0.4 is 0 Å². The summed E-state index contributed by atoms with van der Waals surface area (Å²) in [5.41, 5.74) is 1.21. The Kier molecular flexibility index (Phi) is 4.54. The average Bonchev–Trinajstić information content (AvgIpc) is 3.15. The minimum absolute atomic E-state index is 0.0729. The van der Waals surface area contributed by atoms with Crippen molar-refractivity contribution < 1.29 is 9.53 Å². The van der Waals surface area contributed by atoms with E-state index in [4.69, 9.17) is 4.74 Å². The zero-order valence-electron chi connectivity index (χ0n) is 12.7. The molecule has 1 saturated heterocycles. The van der Waals surface area contributed by atoms with Crippen LogP contribution in [0.15, 0.2) is 6.20 Å². The Morgan fingerprint density at radius 2 is 2.38 bits per heavy atom. The zero-order chi connectivity index (χ0) is 14.8. The van der Waals surface area contributed by atoms with Gasteiger partial charge in [-0.05, 0) is 25.5 Å². The van der Waals surface area contributed by atoms with Crippen LogP contribution in [0.2, 0.25) is 0 Å². The fourth-order valence-electron chi connectivity index (χ4n) is 3.22. The van der Waals surface area contributed by atoms with Gasteiger partial charge in [0.2, 0.25) is 5.91 Å². The molecule has 2 atom stereocenters. The van der Waals surface area contributed by atoms with Crippen molar-refractivity contribution in [2.75, 3.05) is 26.0 Å². The van der Waals surface area contributed by atoms with Gasteiger partial charge in [0.25, 0.3) is 0 Å². The summed E-state index contributed by atoms with van der Waals surface area (Å²) in [7, 11) is 1.72. The lowest BCUT2D eigenvalue weighted by atomic mass is 10.1. The van der Waals surface area contributed by atoms with E-state index < -0.39 is 0 Å². The number of carbonyl (C=O) groups excluding carboxylic acids is 1. The molecule has 2 aliphatic heterocycles. The van der Waals surface area contributed by atoms with Crippen LogP contribution >= 0.6 is 11.8 Å². The highest BCUT2D eigenvalue weighted by atomic mass is 32.2. The zero-order valence-corrected chi connectivity index (χ0v) is 13.6. The number of hydrogen-bond acceptors (Lipinski definition) is 4. The number of aromatic nitrogens is 2. The van der Waals surface area contributed by atoms with E-state index in [0.29, 0.717) is 12.5 Å². The smallest absolute Gasteiger partial charge is 0.236 e. The minimum atomic E-state index is 0.0729. The molecule has 2 aliphatic rings. The SMILES string of the molecule is COCCc1cnc2n1CCN(C(=O)[C@@H]1CCCS1)[C@@H]2C. The standard InChI is InChI=1S/C15H23N3O2S/c1-11-14-16-10-12(5-8-20-2)18(14)7-6-17(11)15(19)13-4-3-9-21-13/h10-11,13H,3-9H2,1-2H3/t11-,13+/m1/s1. The van der Waals surface area contributed by atoms with Crippen molar-refractivity contribution >= 4 is 17.7 Å². The number of carbonyl (C=O) groups is 1. The summed E-state index contributed by atoms with van der Waals surface area (Å²) in [4.78, 5) is 19.2. The van der Waals surface area contributed by atoms with Gasteiger partial charge in [0, 0.05) is 38.5 Å². The van der Waals surface area contributed by atoms with Gasteiger partial charge < -0.3 is 14.2 Å². The Morgan fingerprint density at radius 1 is 1.52 bits per heavy atom. The van der Waals surface area contributed by atoms with Crippen LogP contribution in [0.1, 0.15) is 37.3 Å². The molecule has 0 spiro atoms. The van der Waals surface area contributed by atoms with Gasteiger partial charge in [-0.25, -0.2) is 4.98 Å². The summed E-state index contributed by atoms with van der Waals surface area (Å²) >= 11 is 1.81. The molecule has 3 rings (SSSR count). The van der Waals surface area contributed by atoms with Crippen LogP contribution in [0.3, 0.4) is 0 Å². The monoisotopic (exact) mass is 309 g/mol. The van der Waals surface area contributed by atoms with E-state index in [-0.39, 0.29) is 11.3 Å². The molecular weight excluding hydrogens is 286 g/mol. The van der Waals surface area contributed by atoms with Gasteiger partial charge in [0.1, 0.15) is 5.82 Å². The highest BCUT2D eigenvalue weighted by molar-refractivity contribution is 8.00. The van der Waals surface area contributed by atoms with Crippen molar-refractivity contribution in [3.05, 3.63) is 17.7 Å². The van der Waals surface area contributed by atoms with Crippen molar-refractivity contribution in [2.45, 2.75) is 44.0 Å². The summed E-state index contributed by atoms with van der Waals surface area (Å²) < 4.78 is 7.41. The lowest BCUT2D eigenvalue weighted by Crippen LogP contribution is -2.44. The number of ether oxygens (including phenoxy) is 1. The molecule has 0 aromatic carbocycles. The summed E-state index contributed by atoms with van der Waals surface area (Å²) in [5.74, 6) is 2.44. The number of nitrogens with zero attached hydrogens (tertiary/aromatic N) is 3. The van der Waals surface area contributed by atoms with Crippen molar-refractivity contribution in [3.8, 4) is 0 Å². The summed E-state index contributed by atoms with van der Waals surface area (Å²) in [6.45, 7) is 4.44. The maximum atomic E-state index is 12.6. The van der Waals surface area contributed by atoms with E-state index in [1.54, 1.807) is 7.11 Å². The molecular formula is C15H23N3O2S. The fourth-order valence-corrected chi connectivity index (χ4v) is 4.45. The highest BCUT2D eigenvalue weighted by Gasteiger charge is 2.35. The Labute approximate surface area is 130 Å². The summed E-state index contributed by atoms with van der Waals surface area (Å²) in [6, 6.07) is 0.0729. The minimum Gasteiger partial charge on any atom is -0.384 e. The van der Waals surface area contributed by atoms with Crippen LogP contribution in [0.5, 0.6) is 0 Å². The third-order valence-electron chi connectivity index (χ3n) is 4.43. The van der Waals surface area contributed by atoms with Crippen molar-refractivity contribution in [1.82, 2.24) is 14.5 Å². The van der Waals surface area contributed by atoms with Gasteiger partial charge in [-0.2, -0.15) is 0 Å². The summed E-state index contributed by atoms with van der Waals surface area (Å²) in [5, 5.41) is 0.168. The number of thioether (sulfide) groups is 1. The number of fused-ring (bicyclic) bond motifs is 1. The molecule has 116 valence electrons. The Balaban J connectivity index is 1.74. The van der Waals surface area contributed by atoms with Crippen LogP contribution in [0.25, 0.3) is 0 Å². The summed E-state index contributed by atoms with van der Waals surface area (Å²) in [6.07, 6.45) is 5.01. The number of methoxy groups -OCH3 is 1. The maximum absolute atomic E-state index is 12.6. The number of hydrogen-bond donors (Lipinski definition) is 0. The topological polar surface area (TPSA) is 47.4 Å². The van der Waals surface area contributed by atoms with Crippen molar-refractivity contribution in [1.29, 1.82) is 0 Å². The number of amides is 1. The van der Waals surface area contributed by atoms with Crippen LogP contribution in [0, 0.1) is 0 Å². The predicted octanol–water partition coefficient (Wildman–Crippen LogP) is 1.87. The lowest BCUT2D eigenvalue weighted by Gasteiger charge is -2.35. The van der Waals surface area contributed by atoms with Gasteiger partial charge in [0.05, 0.1) is 17.9 Å². The molecule has 0 aliphatic carbocycles. The first-order chi connectivity index (χ1) is 10.2. The third-order valence-corrected chi connectivity index (χ3v) is 5.79. The molecule has 0 unspecified atom stereocenters. The van der Waals surface area contributed by atoms with Gasteiger partial charge in [-0.1, -0.05) is 0 Å². The molecule has 1 fully saturated rings. The lowest BCUT2D eigenvalue weighted by molar-refractivity contribution is -0.134. The third kappa shape index (κ3) is 2.83. The van der Waals surface area contributed by atoms with E-state index in [1.165, 1.54) is 12.1 Å². The number of rotatable bonds is 4.